The molecule has 3 aliphatic heterocycles. The van der Waals surface area contributed by atoms with Gasteiger partial charge < -0.3 is 9.80 Å². The van der Waals surface area contributed by atoms with Crippen molar-refractivity contribution in [1.29, 1.82) is 0 Å². The first-order valence-electron chi connectivity index (χ1n) is 14.0. The Balaban J connectivity index is 0.00000288. The molecule has 0 amide bonds. The van der Waals surface area contributed by atoms with Crippen LogP contribution in [0.3, 0.4) is 0 Å². The Labute approximate surface area is 256 Å². The van der Waals surface area contributed by atoms with Crippen LogP contribution >= 0.6 is 0 Å². The zero-order chi connectivity index (χ0) is 27.5. The van der Waals surface area contributed by atoms with E-state index in [0.29, 0.717) is 0 Å². The van der Waals surface area contributed by atoms with Crippen molar-refractivity contribution in [2.24, 2.45) is 0 Å². The van der Waals surface area contributed by atoms with Crippen molar-refractivity contribution in [2.75, 3.05) is 45.2 Å². The number of aromatic nitrogens is 1. The van der Waals surface area contributed by atoms with Crippen LogP contribution in [0.1, 0.15) is 0 Å². The van der Waals surface area contributed by atoms with Crippen LogP contribution in [0.4, 0.5) is 11.5 Å². The summed E-state index contributed by atoms with van der Waals surface area (Å²) < 4.78 is 2.25. The maximum atomic E-state index is 5.28. The second-order valence-corrected chi connectivity index (χ2v) is 10.7. The van der Waals surface area contributed by atoms with E-state index >= 15 is 0 Å². The first-order valence-corrected chi connectivity index (χ1v) is 14.0. The van der Waals surface area contributed by atoms with Gasteiger partial charge in [-0.15, -0.1) is 35.2 Å². The molecule has 0 unspecified atom stereocenters. The number of hydrogen-bond acceptors (Lipinski definition) is 5. The van der Waals surface area contributed by atoms with E-state index in [1.165, 1.54) is 10.8 Å². The average Bonchev–Trinajstić information content (AvgIpc) is 3.43. The van der Waals surface area contributed by atoms with Gasteiger partial charge in [-0.1, -0.05) is 59.1 Å². The van der Waals surface area contributed by atoms with Crippen LogP contribution in [0.5, 0.6) is 0 Å². The van der Waals surface area contributed by atoms with Gasteiger partial charge in [0.2, 0.25) is 5.96 Å². The number of guanidine groups is 1. The van der Waals surface area contributed by atoms with E-state index in [1.807, 2.05) is 12.1 Å². The van der Waals surface area contributed by atoms with E-state index in [-0.39, 0.29) is 17.1 Å². The second kappa shape index (κ2) is 10.5. The molecule has 4 aromatic carbocycles. The number of anilines is 1. The summed E-state index contributed by atoms with van der Waals surface area (Å²) in [4.78, 5) is 9.85. The summed E-state index contributed by atoms with van der Waals surface area (Å²) in [5, 5.41) is 13.3. The SMILES string of the molecule is CN1CCN(c2[c-]cccc2)C2=C1N1C(=[N+](c3ccc4cccc(-c5[c-]cc6ccccc6c5)c4n3)CCN1C)[N-]2.[Mn+3]. The summed E-state index contributed by atoms with van der Waals surface area (Å²) in [6.45, 7) is 3.38. The number of rotatable bonds is 3. The minimum absolute atomic E-state index is 0. The van der Waals surface area contributed by atoms with Crippen molar-refractivity contribution in [1.82, 2.24) is 19.9 Å². The van der Waals surface area contributed by atoms with E-state index < -0.39 is 0 Å². The second-order valence-electron chi connectivity index (χ2n) is 10.7. The van der Waals surface area contributed by atoms with E-state index in [9.17, 15) is 0 Å². The zero-order valence-electron chi connectivity index (χ0n) is 23.5. The van der Waals surface area contributed by atoms with Gasteiger partial charge in [0.1, 0.15) is 5.82 Å². The van der Waals surface area contributed by atoms with Crippen molar-refractivity contribution in [2.45, 2.75) is 0 Å². The number of fused-ring (bicyclic) bond motifs is 4. The summed E-state index contributed by atoms with van der Waals surface area (Å²) in [6, 6.07) is 38.4. The molecule has 0 fully saturated rings. The molecule has 0 bridgehead atoms. The van der Waals surface area contributed by atoms with E-state index in [1.54, 1.807) is 0 Å². The Kier molecular flexibility index (Phi) is 6.62. The van der Waals surface area contributed by atoms with Gasteiger partial charge in [-0.3, -0.25) is 4.58 Å². The average molecular weight is 591 g/mol. The summed E-state index contributed by atoms with van der Waals surface area (Å²) in [5.74, 6) is 3.80. The van der Waals surface area contributed by atoms with Gasteiger partial charge in [0.05, 0.1) is 0 Å². The molecule has 206 valence electrons. The van der Waals surface area contributed by atoms with Crippen molar-refractivity contribution in [3.05, 3.63) is 120 Å². The van der Waals surface area contributed by atoms with E-state index in [0.717, 1.165) is 77.3 Å². The van der Waals surface area contributed by atoms with Gasteiger partial charge in [-0.05, 0) is 17.5 Å². The number of nitrogens with zero attached hydrogens (tertiary/aromatic N) is 7. The molecule has 7 nitrogen and oxygen atoms in total. The third-order valence-corrected chi connectivity index (χ3v) is 8.24. The van der Waals surface area contributed by atoms with E-state index in [4.69, 9.17) is 10.3 Å². The Bertz CT molecular complexity index is 1880. The molecule has 0 radical (unpaired) electrons. The molecule has 0 saturated heterocycles. The van der Waals surface area contributed by atoms with Gasteiger partial charge in [-0.25, -0.2) is 15.0 Å². The Morgan fingerprint density at radius 3 is 2.52 bits per heavy atom. The van der Waals surface area contributed by atoms with Crippen molar-refractivity contribution < 1.29 is 21.6 Å². The smallest absolute Gasteiger partial charge is 0.355 e. The van der Waals surface area contributed by atoms with Gasteiger partial charge in [0.25, 0.3) is 0 Å². The summed E-state index contributed by atoms with van der Waals surface area (Å²) >= 11 is 0. The Morgan fingerprint density at radius 2 is 1.67 bits per heavy atom. The fourth-order valence-corrected chi connectivity index (χ4v) is 6.08. The fourth-order valence-electron chi connectivity index (χ4n) is 6.08. The first kappa shape index (κ1) is 26.5. The molecule has 0 N–H and O–H groups in total. The number of benzene rings is 4. The molecule has 5 aromatic rings. The standard InChI is InChI=1S/C34H29N7.Mn/c1-37-19-21-39(28-12-4-3-5-13-28)32-33(37)41-34(36-32)40(22-20-38(41)2)30-18-17-25-11-8-14-29(31(25)35-30)27-16-15-24-9-6-7-10-26(24)23-27;/h3-12,14-15,17-18,23H,19-22H2,1-2H3;/q-2;+3. The molecule has 3 aliphatic rings. The number of pyridine rings is 1. The van der Waals surface area contributed by atoms with Crippen LogP contribution in [-0.2, 0) is 17.1 Å². The third-order valence-electron chi connectivity index (χ3n) is 8.24. The molecule has 0 atom stereocenters. The predicted octanol–water partition coefficient (Wildman–Crippen LogP) is 5.78. The van der Waals surface area contributed by atoms with Gasteiger partial charge in [0, 0.05) is 45.8 Å². The minimum atomic E-state index is 0. The summed E-state index contributed by atoms with van der Waals surface area (Å²) in [5.41, 5.74) is 4.13. The van der Waals surface area contributed by atoms with Crippen LogP contribution in [-0.4, -0.2) is 70.7 Å². The maximum Gasteiger partial charge on any atom is 3.00 e. The monoisotopic (exact) mass is 590 g/mol. The summed E-state index contributed by atoms with van der Waals surface area (Å²) in [7, 11) is 4.28. The fraction of sp³-hybridized carbons (Fsp3) is 0.176. The summed E-state index contributed by atoms with van der Waals surface area (Å²) in [6.07, 6.45) is 0. The topological polar surface area (TPSA) is 43.0 Å². The molecule has 8 heteroatoms. The number of para-hydroxylation sites is 2. The molecule has 0 saturated carbocycles. The van der Waals surface area contributed by atoms with Crippen LogP contribution in [0.2, 0.25) is 0 Å². The van der Waals surface area contributed by atoms with Crippen LogP contribution in [0.15, 0.2) is 103 Å². The van der Waals surface area contributed by atoms with Crippen LogP contribution in [0, 0.1) is 12.1 Å². The van der Waals surface area contributed by atoms with Gasteiger partial charge >= 0.3 is 17.1 Å². The van der Waals surface area contributed by atoms with Crippen LogP contribution in [0.25, 0.3) is 38.1 Å². The number of likely N-dealkylation sites (N-methyl/N-ethyl adjacent to an activating group) is 2. The maximum absolute atomic E-state index is 5.28. The quantitative estimate of drug-likeness (QED) is 0.151. The molecule has 4 heterocycles. The molecule has 1 aromatic heterocycles. The van der Waals surface area contributed by atoms with E-state index in [2.05, 4.69) is 129 Å². The minimum Gasteiger partial charge on any atom is -0.355 e. The normalized spacial score (nSPS) is 17.0. The van der Waals surface area contributed by atoms with Gasteiger partial charge in [-0.2, -0.15) is 29.6 Å². The Hall–Kier alpha value is -4.36. The van der Waals surface area contributed by atoms with Crippen LogP contribution < -0.4 is 4.90 Å². The molecular formula is C34H29MnN7+. The molecule has 0 aliphatic carbocycles. The van der Waals surface area contributed by atoms with Crippen molar-refractivity contribution in [3.63, 3.8) is 0 Å². The zero-order valence-corrected chi connectivity index (χ0v) is 24.7. The molecule has 0 spiro atoms. The van der Waals surface area contributed by atoms with Crippen molar-refractivity contribution >= 4 is 39.1 Å². The van der Waals surface area contributed by atoms with Crippen molar-refractivity contribution in [3.8, 4) is 11.1 Å². The molecule has 8 rings (SSSR count). The molecule has 42 heavy (non-hydrogen) atoms. The molecular weight excluding hydrogens is 561 g/mol. The predicted molar refractivity (Wildman–Crippen MR) is 163 cm³/mol. The number of hydrogen-bond donors (Lipinski definition) is 0. The first-order chi connectivity index (χ1) is 20.2. The largest absolute Gasteiger partial charge is 3.00 e. The number of hydrazine groups is 1. The van der Waals surface area contributed by atoms with Gasteiger partial charge in [0.15, 0.2) is 11.6 Å². The third kappa shape index (κ3) is 4.22. The Morgan fingerprint density at radius 1 is 0.833 bits per heavy atom.